The average Bonchev–Trinajstić information content (AvgIpc) is 2.43. The Kier molecular flexibility index (Phi) is 4.74. The molecule has 0 fully saturated rings. The van der Waals surface area contributed by atoms with E-state index in [1.807, 2.05) is 25.4 Å². The standard InChI is InChI=1S/C17H22N2O/c1-12-8-13(2)10-14(9-12)11-15(18-3)17-16(20-4)6-5-7-19-17/h5-10,15,18H,11H2,1-4H3. The second-order valence-corrected chi connectivity index (χ2v) is 5.13. The van der Waals surface area contributed by atoms with Crippen LogP contribution >= 0.6 is 0 Å². The first-order chi connectivity index (χ1) is 9.63. The molecule has 1 aromatic carbocycles. The molecule has 0 bridgehead atoms. The van der Waals surface area contributed by atoms with Crippen LogP contribution in [0.25, 0.3) is 0 Å². The van der Waals surface area contributed by atoms with Crippen molar-refractivity contribution in [1.29, 1.82) is 0 Å². The number of aryl methyl sites for hydroxylation is 2. The second-order valence-electron chi connectivity index (χ2n) is 5.13. The first-order valence-corrected chi connectivity index (χ1v) is 6.87. The molecule has 1 N–H and O–H groups in total. The maximum Gasteiger partial charge on any atom is 0.141 e. The number of methoxy groups -OCH3 is 1. The number of nitrogens with zero attached hydrogens (tertiary/aromatic N) is 1. The predicted octanol–water partition coefficient (Wildman–Crippen LogP) is 3.21. The van der Waals surface area contributed by atoms with Crippen molar-refractivity contribution in [3.63, 3.8) is 0 Å². The summed E-state index contributed by atoms with van der Waals surface area (Å²) in [6.07, 6.45) is 2.70. The summed E-state index contributed by atoms with van der Waals surface area (Å²) in [4.78, 5) is 4.47. The zero-order valence-electron chi connectivity index (χ0n) is 12.6. The highest BCUT2D eigenvalue weighted by Crippen LogP contribution is 2.25. The molecule has 20 heavy (non-hydrogen) atoms. The van der Waals surface area contributed by atoms with Gasteiger partial charge in [-0.25, -0.2) is 0 Å². The van der Waals surface area contributed by atoms with Gasteiger partial charge in [-0.15, -0.1) is 0 Å². The first-order valence-electron chi connectivity index (χ1n) is 6.87. The lowest BCUT2D eigenvalue weighted by Crippen LogP contribution is -2.20. The van der Waals surface area contributed by atoms with Crippen molar-refractivity contribution in [2.75, 3.05) is 14.2 Å². The van der Waals surface area contributed by atoms with Gasteiger partial charge in [0.15, 0.2) is 0 Å². The summed E-state index contributed by atoms with van der Waals surface area (Å²) in [5.74, 6) is 0.830. The zero-order chi connectivity index (χ0) is 14.5. The zero-order valence-corrected chi connectivity index (χ0v) is 12.6. The molecule has 0 spiro atoms. The number of rotatable bonds is 5. The van der Waals surface area contributed by atoms with Crippen molar-refractivity contribution in [2.45, 2.75) is 26.3 Å². The summed E-state index contributed by atoms with van der Waals surface area (Å²) in [6.45, 7) is 4.26. The normalized spacial score (nSPS) is 12.2. The van der Waals surface area contributed by atoms with Gasteiger partial charge in [0.25, 0.3) is 0 Å². The summed E-state index contributed by atoms with van der Waals surface area (Å²) in [5.41, 5.74) is 4.86. The molecule has 0 amide bonds. The molecule has 0 aliphatic heterocycles. The molecule has 0 saturated heterocycles. The van der Waals surface area contributed by atoms with Gasteiger partial charge in [0.1, 0.15) is 5.75 Å². The molecule has 1 aromatic heterocycles. The Morgan fingerprint density at radius 2 is 1.90 bits per heavy atom. The van der Waals surface area contributed by atoms with Crippen molar-refractivity contribution in [3.8, 4) is 5.75 Å². The summed E-state index contributed by atoms with van der Waals surface area (Å²) in [7, 11) is 3.64. The van der Waals surface area contributed by atoms with Gasteiger partial charge in [-0.2, -0.15) is 0 Å². The highest BCUT2D eigenvalue weighted by atomic mass is 16.5. The van der Waals surface area contributed by atoms with Crippen LogP contribution in [0.5, 0.6) is 5.75 Å². The van der Waals surface area contributed by atoms with E-state index in [0.29, 0.717) is 0 Å². The average molecular weight is 270 g/mol. The molecule has 0 aliphatic rings. The van der Waals surface area contributed by atoms with Crippen LogP contribution in [0, 0.1) is 13.8 Å². The topological polar surface area (TPSA) is 34.2 Å². The fourth-order valence-electron chi connectivity index (χ4n) is 2.60. The fraction of sp³-hybridized carbons (Fsp3) is 0.353. The lowest BCUT2D eigenvalue weighted by Gasteiger charge is -2.18. The lowest BCUT2D eigenvalue weighted by molar-refractivity contribution is 0.396. The molecule has 2 aromatic rings. The summed E-state index contributed by atoms with van der Waals surface area (Å²) >= 11 is 0. The predicted molar refractivity (Wildman–Crippen MR) is 82.2 cm³/mol. The minimum absolute atomic E-state index is 0.146. The molecule has 1 heterocycles. The Bertz CT molecular complexity index is 561. The SMILES string of the molecule is CNC(Cc1cc(C)cc(C)c1)c1ncccc1OC. The van der Waals surface area contributed by atoms with Gasteiger partial charge in [0, 0.05) is 6.20 Å². The third-order valence-electron chi connectivity index (χ3n) is 3.42. The number of hydrogen-bond donors (Lipinski definition) is 1. The molecule has 0 radical (unpaired) electrons. The molecule has 106 valence electrons. The van der Waals surface area contributed by atoms with Gasteiger partial charge >= 0.3 is 0 Å². The van der Waals surface area contributed by atoms with Crippen molar-refractivity contribution >= 4 is 0 Å². The van der Waals surface area contributed by atoms with E-state index in [-0.39, 0.29) is 6.04 Å². The van der Waals surface area contributed by atoms with Gasteiger partial charge < -0.3 is 10.1 Å². The van der Waals surface area contributed by atoms with E-state index < -0.39 is 0 Å². The van der Waals surface area contributed by atoms with E-state index in [0.717, 1.165) is 17.9 Å². The van der Waals surface area contributed by atoms with Crippen LogP contribution < -0.4 is 10.1 Å². The van der Waals surface area contributed by atoms with Crippen molar-refractivity contribution < 1.29 is 4.74 Å². The van der Waals surface area contributed by atoms with E-state index in [1.54, 1.807) is 7.11 Å². The van der Waals surface area contributed by atoms with Crippen molar-refractivity contribution in [2.24, 2.45) is 0 Å². The number of benzene rings is 1. The number of nitrogens with one attached hydrogen (secondary N) is 1. The molecule has 1 atom stereocenters. The highest BCUT2D eigenvalue weighted by molar-refractivity contribution is 5.33. The summed E-state index contributed by atoms with van der Waals surface area (Å²) < 4.78 is 5.41. The van der Waals surface area contributed by atoms with Gasteiger partial charge in [0.2, 0.25) is 0 Å². The van der Waals surface area contributed by atoms with Crippen LogP contribution in [0.3, 0.4) is 0 Å². The van der Waals surface area contributed by atoms with Gasteiger partial charge in [0.05, 0.1) is 18.8 Å². The molecule has 0 saturated carbocycles. The largest absolute Gasteiger partial charge is 0.495 e. The van der Waals surface area contributed by atoms with Crippen molar-refractivity contribution in [1.82, 2.24) is 10.3 Å². The summed E-state index contributed by atoms with van der Waals surface area (Å²) in [6, 6.07) is 10.6. The quantitative estimate of drug-likeness (QED) is 0.906. The van der Waals surface area contributed by atoms with E-state index >= 15 is 0 Å². The molecular weight excluding hydrogens is 248 g/mol. The fourth-order valence-corrected chi connectivity index (χ4v) is 2.60. The Balaban J connectivity index is 2.28. The summed E-state index contributed by atoms with van der Waals surface area (Å²) in [5, 5.41) is 3.34. The Morgan fingerprint density at radius 1 is 1.20 bits per heavy atom. The Hall–Kier alpha value is -1.87. The minimum atomic E-state index is 0.146. The van der Waals surface area contributed by atoms with Crippen LogP contribution in [0.1, 0.15) is 28.4 Å². The number of likely N-dealkylation sites (N-methyl/N-ethyl adjacent to an activating group) is 1. The van der Waals surface area contributed by atoms with Crippen LogP contribution in [0.4, 0.5) is 0 Å². The van der Waals surface area contributed by atoms with Crippen molar-refractivity contribution in [3.05, 3.63) is 58.9 Å². The van der Waals surface area contributed by atoms with E-state index in [1.165, 1.54) is 16.7 Å². The maximum atomic E-state index is 5.41. The van der Waals surface area contributed by atoms with Crippen LogP contribution in [-0.4, -0.2) is 19.1 Å². The highest BCUT2D eigenvalue weighted by Gasteiger charge is 2.16. The van der Waals surface area contributed by atoms with Crippen LogP contribution in [0.2, 0.25) is 0 Å². The minimum Gasteiger partial charge on any atom is -0.495 e. The molecule has 2 rings (SSSR count). The third-order valence-corrected chi connectivity index (χ3v) is 3.42. The van der Waals surface area contributed by atoms with Crippen LogP contribution in [-0.2, 0) is 6.42 Å². The number of hydrogen-bond acceptors (Lipinski definition) is 3. The number of aromatic nitrogens is 1. The molecule has 0 aliphatic carbocycles. The van der Waals surface area contributed by atoms with E-state index in [9.17, 15) is 0 Å². The smallest absolute Gasteiger partial charge is 0.141 e. The van der Waals surface area contributed by atoms with Gasteiger partial charge in [-0.1, -0.05) is 29.3 Å². The molecular formula is C17H22N2O. The lowest BCUT2D eigenvalue weighted by atomic mass is 9.99. The molecule has 3 nitrogen and oxygen atoms in total. The first kappa shape index (κ1) is 14.5. The molecule has 3 heteroatoms. The van der Waals surface area contributed by atoms with E-state index in [2.05, 4.69) is 42.3 Å². The van der Waals surface area contributed by atoms with E-state index in [4.69, 9.17) is 4.74 Å². The Morgan fingerprint density at radius 3 is 2.50 bits per heavy atom. The molecule has 1 unspecified atom stereocenters. The second kappa shape index (κ2) is 6.53. The van der Waals surface area contributed by atoms with Gasteiger partial charge in [-0.3, -0.25) is 4.98 Å². The van der Waals surface area contributed by atoms with Gasteiger partial charge in [-0.05, 0) is 45.0 Å². The number of ether oxygens (including phenoxy) is 1. The maximum absolute atomic E-state index is 5.41. The number of pyridine rings is 1. The monoisotopic (exact) mass is 270 g/mol. The Labute approximate surface area is 121 Å². The van der Waals surface area contributed by atoms with Crippen LogP contribution in [0.15, 0.2) is 36.5 Å². The third kappa shape index (κ3) is 3.36.